The summed E-state index contributed by atoms with van der Waals surface area (Å²) in [5.74, 6) is 12.6. The Labute approximate surface area is 212 Å². The second-order valence-electron chi connectivity index (χ2n) is 9.64. The first-order valence-electron chi connectivity index (χ1n) is 14.6. The molecule has 196 valence electrons. The van der Waals surface area contributed by atoms with Gasteiger partial charge in [0, 0.05) is 32.4 Å². The maximum Gasteiger partial charge on any atom is 0.219 e. The smallest absolute Gasteiger partial charge is 0.219 e. The van der Waals surface area contributed by atoms with Crippen molar-refractivity contribution in [1.29, 1.82) is 0 Å². The van der Waals surface area contributed by atoms with Crippen molar-refractivity contribution in [2.75, 3.05) is 13.2 Å². The van der Waals surface area contributed by atoms with E-state index in [0.29, 0.717) is 6.42 Å². The lowest BCUT2D eigenvalue weighted by Gasteiger charge is -2.05. The highest BCUT2D eigenvalue weighted by molar-refractivity contribution is 5.75. The Hall–Kier alpha value is -1.45. The average Bonchev–Trinajstić information content (AvgIpc) is 2.84. The molecule has 34 heavy (non-hydrogen) atoms. The number of carbonyl (C=O) groups is 1. The quantitative estimate of drug-likeness (QED) is 0.110. The van der Waals surface area contributed by atoms with Crippen LogP contribution in [0.3, 0.4) is 0 Å². The minimum atomic E-state index is 0.170. The lowest BCUT2D eigenvalue weighted by molar-refractivity contribution is -0.121. The molecule has 0 aliphatic rings. The van der Waals surface area contributed by atoms with E-state index in [0.717, 1.165) is 57.9 Å². The van der Waals surface area contributed by atoms with Crippen LogP contribution in [-0.2, 0) is 4.79 Å². The second-order valence-corrected chi connectivity index (χ2v) is 9.64. The number of hydrogen-bond donors (Lipinski definition) is 2. The summed E-state index contributed by atoms with van der Waals surface area (Å²) in [6, 6.07) is 0. The molecule has 0 unspecified atom stereocenters. The third-order valence-corrected chi connectivity index (χ3v) is 6.26. The van der Waals surface area contributed by atoms with Crippen LogP contribution in [0, 0.1) is 23.7 Å². The van der Waals surface area contributed by atoms with Crippen molar-refractivity contribution in [2.24, 2.45) is 0 Å². The molecule has 0 heterocycles. The number of rotatable bonds is 24. The fourth-order valence-electron chi connectivity index (χ4n) is 4.03. The Morgan fingerprint density at radius 3 is 1.53 bits per heavy atom. The molecule has 2 N–H and O–H groups in total. The molecule has 1 amide bonds. The van der Waals surface area contributed by atoms with E-state index in [1.165, 1.54) is 89.9 Å². The Balaban J connectivity index is 3.29. The van der Waals surface area contributed by atoms with Crippen molar-refractivity contribution in [1.82, 2.24) is 5.32 Å². The highest BCUT2D eigenvalue weighted by Gasteiger charge is 2.00. The highest BCUT2D eigenvalue weighted by atomic mass is 16.2. The highest BCUT2D eigenvalue weighted by Crippen LogP contribution is 2.12. The molecule has 0 aliphatic carbocycles. The minimum absolute atomic E-state index is 0.170. The van der Waals surface area contributed by atoms with Crippen LogP contribution in [-0.4, -0.2) is 24.2 Å². The lowest BCUT2D eigenvalue weighted by atomic mass is 10.1. The molecule has 3 heteroatoms. The van der Waals surface area contributed by atoms with Crippen molar-refractivity contribution in [3.05, 3.63) is 0 Å². The van der Waals surface area contributed by atoms with Crippen molar-refractivity contribution in [2.45, 2.75) is 155 Å². The molecule has 0 aromatic heterocycles. The topological polar surface area (TPSA) is 49.3 Å². The third-order valence-electron chi connectivity index (χ3n) is 6.26. The van der Waals surface area contributed by atoms with E-state index in [1.54, 1.807) is 0 Å². The first kappa shape index (κ1) is 32.5. The summed E-state index contributed by atoms with van der Waals surface area (Å²) in [7, 11) is 0. The summed E-state index contributed by atoms with van der Waals surface area (Å²) in [5, 5.41) is 11.7. The van der Waals surface area contributed by atoms with Crippen LogP contribution in [0.15, 0.2) is 0 Å². The molecule has 0 spiro atoms. The van der Waals surface area contributed by atoms with E-state index < -0.39 is 0 Å². The largest absolute Gasteiger partial charge is 0.396 e. The predicted octanol–water partition coefficient (Wildman–Crippen LogP) is 8.09. The standard InChI is InChI=1S/C31H55NO2/c1-2-3-4-5-6-7-8-9-10-11-12-13-14-15-16-17-18-19-20-21-22-23-25-28-31(34)32-29-26-24-27-30-33/h33H,2-13,18-30H2,1H3,(H,32,34). The summed E-state index contributed by atoms with van der Waals surface area (Å²) >= 11 is 0. The molecule has 0 aromatic carbocycles. The van der Waals surface area contributed by atoms with Crippen molar-refractivity contribution >= 4 is 5.91 Å². The molecule has 0 saturated carbocycles. The Bertz CT molecular complexity index is 549. The van der Waals surface area contributed by atoms with Crippen LogP contribution in [0.2, 0.25) is 0 Å². The van der Waals surface area contributed by atoms with E-state index in [-0.39, 0.29) is 12.5 Å². The predicted molar refractivity (Wildman–Crippen MR) is 148 cm³/mol. The van der Waals surface area contributed by atoms with Gasteiger partial charge in [-0.2, -0.15) is 0 Å². The zero-order valence-electron chi connectivity index (χ0n) is 22.5. The Morgan fingerprint density at radius 2 is 1.03 bits per heavy atom. The lowest BCUT2D eigenvalue weighted by Crippen LogP contribution is -2.24. The minimum Gasteiger partial charge on any atom is -0.396 e. The second kappa shape index (κ2) is 29.6. The van der Waals surface area contributed by atoms with Gasteiger partial charge in [-0.05, 0) is 50.4 Å². The first-order valence-corrected chi connectivity index (χ1v) is 14.6. The van der Waals surface area contributed by atoms with Crippen LogP contribution in [0.25, 0.3) is 0 Å². The van der Waals surface area contributed by atoms with Gasteiger partial charge >= 0.3 is 0 Å². The third kappa shape index (κ3) is 28.6. The van der Waals surface area contributed by atoms with Crippen LogP contribution in [0.5, 0.6) is 0 Å². The summed E-state index contributed by atoms with van der Waals surface area (Å²) in [4.78, 5) is 11.7. The number of nitrogens with one attached hydrogen (secondary N) is 1. The molecular weight excluding hydrogens is 418 g/mol. The summed E-state index contributed by atoms with van der Waals surface area (Å²) in [6.45, 7) is 3.26. The summed E-state index contributed by atoms with van der Waals surface area (Å²) in [6.07, 6.45) is 27.4. The van der Waals surface area contributed by atoms with Gasteiger partial charge in [-0.3, -0.25) is 4.79 Å². The molecule has 3 nitrogen and oxygen atoms in total. The number of aliphatic hydroxyl groups is 1. The molecule has 0 saturated heterocycles. The first-order chi connectivity index (χ1) is 16.8. The number of aliphatic hydroxyl groups excluding tert-OH is 1. The van der Waals surface area contributed by atoms with Crippen molar-refractivity contribution < 1.29 is 9.90 Å². The van der Waals surface area contributed by atoms with Gasteiger partial charge in [0.15, 0.2) is 0 Å². The molecule has 0 atom stereocenters. The number of amides is 1. The SMILES string of the molecule is CCCCCCCCCCCCCC#CC#CCCCCCCCCC(=O)NCCCCCO. The van der Waals surface area contributed by atoms with Gasteiger partial charge in [-0.15, -0.1) is 0 Å². The number of hydrogen-bond acceptors (Lipinski definition) is 2. The normalized spacial score (nSPS) is 10.3. The van der Waals surface area contributed by atoms with Gasteiger partial charge in [0.1, 0.15) is 0 Å². The average molecular weight is 474 g/mol. The molecule has 0 aliphatic heterocycles. The van der Waals surface area contributed by atoms with E-state index in [2.05, 4.69) is 35.9 Å². The van der Waals surface area contributed by atoms with E-state index in [1.807, 2.05) is 0 Å². The van der Waals surface area contributed by atoms with Gasteiger partial charge in [0.05, 0.1) is 0 Å². The van der Waals surface area contributed by atoms with Crippen LogP contribution >= 0.6 is 0 Å². The van der Waals surface area contributed by atoms with Gasteiger partial charge in [0.2, 0.25) is 5.91 Å². The number of carbonyl (C=O) groups excluding carboxylic acids is 1. The zero-order chi connectivity index (χ0) is 24.8. The monoisotopic (exact) mass is 473 g/mol. The summed E-state index contributed by atoms with van der Waals surface area (Å²) < 4.78 is 0. The maximum atomic E-state index is 11.7. The van der Waals surface area contributed by atoms with Crippen LogP contribution < -0.4 is 5.32 Å². The van der Waals surface area contributed by atoms with E-state index in [4.69, 9.17) is 5.11 Å². The molecule has 0 aromatic rings. The van der Waals surface area contributed by atoms with Gasteiger partial charge in [0.25, 0.3) is 0 Å². The van der Waals surface area contributed by atoms with Gasteiger partial charge < -0.3 is 10.4 Å². The van der Waals surface area contributed by atoms with Crippen LogP contribution in [0.4, 0.5) is 0 Å². The maximum absolute atomic E-state index is 11.7. The van der Waals surface area contributed by atoms with Gasteiger partial charge in [-0.25, -0.2) is 0 Å². The van der Waals surface area contributed by atoms with Crippen molar-refractivity contribution in [3.8, 4) is 23.7 Å². The fraction of sp³-hybridized carbons (Fsp3) is 0.839. The Morgan fingerprint density at radius 1 is 0.588 bits per heavy atom. The van der Waals surface area contributed by atoms with Crippen molar-refractivity contribution in [3.63, 3.8) is 0 Å². The Kier molecular flexibility index (Phi) is 28.3. The molecule has 0 fully saturated rings. The molecule has 0 radical (unpaired) electrons. The van der Waals surface area contributed by atoms with Gasteiger partial charge in [-0.1, -0.05) is 109 Å². The molecular formula is C31H55NO2. The fourth-order valence-corrected chi connectivity index (χ4v) is 4.03. The van der Waals surface area contributed by atoms with Crippen LogP contribution in [0.1, 0.15) is 155 Å². The molecule has 0 rings (SSSR count). The van der Waals surface area contributed by atoms with E-state index in [9.17, 15) is 4.79 Å². The molecule has 0 bridgehead atoms. The summed E-state index contributed by atoms with van der Waals surface area (Å²) in [5.41, 5.74) is 0. The number of unbranched alkanes of at least 4 members (excludes halogenated alkanes) is 19. The zero-order valence-corrected chi connectivity index (χ0v) is 22.5. The van der Waals surface area contributed by atoms with E-state index >= 15 is 0 Å².